The zero-order chi connectivity index (χ0) is 9.84. The Labute approximate surface area is 89.2 Å². The third-order valence-corrected chi connectivity index (χ3v) is 1.68. The van der Waals surface area contributed by atoms with E-state index in [1.807, 2.05) is 0 Å². The van der Waals surface area contributed by atoms with Gasteiger partial charge in [0, 0.05) is 5.56 Å². The Hall–Kier alpha value is -0.910. The Kier molecular flexibility index (Phi) is 3.41. The van der Waals surface area contributed by atoms with Gasteiger partial charge in [-0.3, -0.25) is 4.79 Å². The van der Waals surface area contributed by atoms with Crippen LogP contribution in [-0.2, 0) is 0 Å². The van der Waals surface area contributed by atoms with Gasteiger partial charge in [-0.15, -0.1) is 0 Å². The molecule has 0 radical (unpaired) electrons. The molecule has 0 bridgehead atoms. The summed E-state index contributed by atoms with van der Waals surface area (Å²) in [4.78, 5) is 21.4. The molecule has 1 rings (SSSR count). The number of benzene rings is 1. The fourth-order valence-electron chi connectivity index (χ4n) is 0.850. The lowest BCUT2D eigenvalue weighted by molar-refractivity contribution is 0.101. The SMILES string of the molecule is CC(=O)c1ccc(OC(=O)I)cc1. The van der Waals surface area contributed by atoms with Crippen molar-refractivity contribution in [2.45, 2.75) is 6.92 Å². The highest BCUT2D eigenvalue weighted by molar-refractivity contribution is 14.1. The molecule has 0 fully saturated rings. The van der Waals surface area contributed by atoms with Crippen LogP contribution in [0.2, 0.25) is 0 Å². The molecule has 0 amide bonds. The summed E-state index contributed by atoms with van der Waals surface area (Å²) in [7, 11) is 0. The van der Waals surface area contributed by atoms with Gasteiger partial charge in [0.2, 0.25) is 0 Å². The molecule has 1 aromatic carbocycles. The maximum absolute atomic E-state index is 10.9. The van der Waals surface area contributed by atoms with Crippen molar-refractivity contribution in [2.24, 2.45) is 0 Å². The van der Waals surface area contributed by atoms with E-state index in [2.05, 4.69) is 0 Å². The van der Waals surface area contributed by atoms with Crippen LogP contribution in [-0.4, -0.2) is 9.76 Å². The van der Waals surface area contributed by atoms with Gasteiger partial charge < -0.3 is 4.74 Å². The van der Waals surface area contributed by atoms with Crippen LogP contribution in [0.3, 0.4) is 0 Å². The van der Waals surface area contributed by atoms with Crippen LogP contribution in [0.15, 0.2) is 24.3 Å². The molecule has 0 aliphatic rings. The van der Waals surface area contributed by atoms with E-state index in [0.29, 0.717) is 11.3 Å². The Morgan fingerprint density at radius 1 is 1.23 bits per heavy atom. The zero-order valence-corrected chi connectivity index (χ0v) is 9.07. The summed E-state index contributed by atoms with van der Waals surface area (Å²) < 4.78 is 4.39. The lowest BCUT2D eigenvalue weighted by atomic mass is 10.1. The number of carbonyl (C=O) groups is 2. The maximum Gasteiger partial charge on any atom is 0.372 e. The monoisotopic (exact) mass is 290 g/mol. The first kappa shape index (κ1) is 10.2. The largest absolute Gasteiger partial charge is 0.419 e. The molecular weight excluding hydrogens is 283 g/mol. The predicted molar refractivity (Wildman–Crippen MR) is 56.5 cm³/mol. The number of halogens is 1. The number of hydrogen-bond donors (Lipinski definition) is 0. The summed E-state index contributed by atoms with van der Waals surface area (Å²) in [6, 6.07) is 6.43. The smallest absolute Gasteiger partial charge is 0.372 e. The van der Waals surface area contributed by atoms with Crippen molar-refractivity contribution < 1.29 is 14.3 Å². The molecular formula is C9H7IO3. The van der Waals surface area contributed by atoms with E-state index in [4.69, 9.17) is 4.74 Å². The number of ether oxygens (including phenoxy) is 1. The Morgan fingerprint density at radius 3 is 2.15 bits per heavy atom. The number of Topliss-reactive ketones (excluding diaryl/α,β-unsaturated/α-hetero) is 1. The van der Waals surface area contributed by atoms with E-state index in [-0.39, 0.29) is 5.78 Å². The van der Waals surface area contributed by atoms with Crippen LogP contribution in [0.4, 0.5) is 4.79 Å². The van der Waals surface area contributed by atoms with E-state index in [9.17, 15) is 9.59 Å². The molecule has 0 heterocycles. The predicted octanol–water partition coefficient (Wildman–Crippen LogP) is 2.82. The molecule has 3 nitrogen and oxygen atoms in total. The summed E-state index contributed by atoms with van der Waals surface area (Å²) in [5.41, 5.74) is 0.605. The van der Waals surface area contributed by atoms with Crippen LogP contribution in [0.5, 0.6) is 5.75 Å². The molecule has 0 spiro atoms. The zero-order valence-electron chi connectivity index (χ0n) is 6.91. The highest BCUT2D eigenvalue weighted by Gasteiger charge is 2.01. The summed E-state index contributed by atoms with van der Waals surface area (Å²) in [6.45, 7) is 1.49. The van der Waals surface area contributed by atoms with Gasteiger partial charge in [-0.1, -0.05) is 0 Å². The second-order valence-corrected chi connectivity index (χ2v) is 3.30. The summed E-state index contributed by atoms with van der Waals surface area (Å²) in [5.74, 6) is 0.441. The van der Waals surface area contributed by atoms with Crippen LogP contribution in [0.25, 0.3) is 0 Å². The number of carbonyl (C=O) groups excluding carboxylic acids is 2. The minimum Gasteiger partial charge on any atom is -0.419 e. The minimum atomic E-state index is -0.395. The summed E-state index contributed by atoms with van der Waals surface area (Å²) >= 11 is 1.54. The van der Waals surface area contributed by atoms with Gasteiger partial charge in [0.1, 0.15) is 5.75 Å². The third kappa shape index (κ3) is 3.14. The molecule has 0 N–H and O–H groups in total. The fraction of sp³-hybridized carbons (Fsp3) is 0.111. The first-order valence-electron chi connectivity index (χ1n) is 3.58. The van der Waals surface area contributed by atoms with Crippen molar-refractivity contribution >= 4 is 32.4 Å². The highest BCUT2D eigenvalue weighted by atomic mass is 127. The van der Waals surface area contributed by atoms with E-state index < -0.39 is 3.98 Å². The van der Waals surface area contributed by atoms with Crippen molar-refractivity contribution in [1.82, 2.24) is 0 Å². The molecule has 0 aliphatic carbocycles. The molecule has 4 heteroatoms. The van der Waals surface area contributed by atoms with Gasteiger partial charge >= 0.3 is 3.98 Å². The average molecular weight is 290 g/mol. The molecule has 68 valence electrons. The first-order chi connectivity index (χ1) is 6.09. The fourth-order valence-corrected chi connectivity index (χ4v) is 1.10. The maximum atomic E-state index is 10.9. The topological polar surface area (TPSA) is 43.4 Å². The van der Waals surface area contributed by atoms with E-state index in [1.165, 1.54) is 29.5 Å². The van der Waals surface area contributed by atoms with Gasteiger partial charge in [0.25, 0.3) is 0 Å². The minimum absolute atomic E-state index is 0.00708. The third-order valence-electron chi connectivity index (χ3n) is 1.46. The molecule has 0 atom stereocenters. The van der Waals surface area contributed by atoms with E-state index in [0.717, 1.165) is 0 Å². The van der Waals surface area contributed by atoms with Gasteiger partial charge in [0.05, 0.1) is 22.6 Å². The summed E-state index contributed by atoms with van der Waals surface area (Å²) in [5, 5.41) is 0. The molecule has 13 heavy (non-hydrogen) atoms. The molecule has 0 saturated heterocycles. The van der Waals surface area contributed by atoms with E-state index in [1.54, 1.807) is 24.3 Å². The average Bonchev–Trinajstić information content (AvgIpc) is 2.04. The van der Waals surface area contributed by atoms with Crippen LogP contribution in [0.1, 0.15) is 17.3 Å². The van der Waals surface area contributed by atoms with Crippen molar-refractivity contribution in [3.05, 3.63) is 29.8 Å². The highest BCUT2D eigenvalue weighted by Crippen LogP contribution is 2.13. The standard InChI is InChI=1S/C9H7IO3/c1-6(11)7-2-4-8(5-3-7)13-9(10)12/h2-5H,1H3. The van der Waals surface area contributed by atoms with Crippen molar-refractivity contribution in [3.63, 3.8) is 0 Å². The van der Waals surface area contributed by atoms with Crippen molar-refractivity contribution in [1.29, 1.82) is 0 Å². The number of rotatable bonds is 2. The second kappa shape index (κ2) is 4.36. The lowest BCUT2D eigenvalue weighted by Crippen LogP contribution is -1.96. The first-order valence-corrected chi connectivity index (χ1v) is 4.66. The Bertz CT molecular complexity index is 329. The quantitative estimate of drug-likeness (QED) is 0.478. The van der Waals surface area contributed by atoms with Gasteiger partial charge in [-0.25, -0.2) is 4.79 Å². The number of hydrogen-bond acceptors (Lipinski definition) is 3. The van der Waals surface area contributed by atoms with Crippen LogP contribution >= 0.6 is 22.6 Å². The molecule has 0 aromatic heterocycles. The molecule has 0 saturated carbocycles. The Morgan fingerprint density at radius 2 is 1.77 bits per heavy atom. The normalized spacial score (nSPS) is 9.38. The molecule has 0 unspecified atom stereocenters. The van der Waals surface area contributed by atoms with Gasteiger partial charge in [-0.2, -0.15) is 0 Å². The second-order valence-electron chi connectivity index (χ2n) is 2.42. The summed E-state index contributed by atoms with van der Waals surface area (Å²) in [6.07, 6.45) is 0. The Balaban J connectivity index is 2.81. The molecule has 1 aromatic rings. The lowest BCUT2D eigenvalue weighted by Gasteiger charge is -1.99. The van der Waals surface area contributed by atoms with Gasteiger partial charge in [0.15, 0.2) is 5.78 Å². The van der Waals surface area contributed by atoms with Crippen LogP contribution < -0.4 is 4.74 Å². The van der Waals surface area contributed by atoms with Gasteiger partial charge in [-0.05, 0) is 31.2 Å². The van der Waals surface area contributed by atoms with Crippen LogP contribution in [0, 0.1) is 0 Å². The van der Waals surface area contributed by atoms with Crippen molar-refractivity contribution in [2.75, 3.05) is 0 Å². The molecule has 0 aliphatic heterocycles. The number of ketones is 1. The van der Waals surface area contributed by atoms with E-state index >= 15 is 0 Å². The van der Waals surface area contributed by atoms with Crippen molar-refractivity contribution in [3.8, 4) is 5.75 Å².